The van der Waals surface area contributed by atoms with E-state index in [2.05, 4.69) is 10.3 Å². The van der Waals surface area contributed by atoms with E-state index in [0.29, 0.717) is 5.39 Å². The Labute approximate surface area is 101 Å². The molecule has 1 aromatic heterocycles. The number of carbonyl (C=O) groups is 1. The van der Waals surface area contributed by atoms with Crippen molar-refractivity contribution in [3.05, 3.63) is 41.6 Å². The van der Waals surface area contributed by atoms with Crippen LogP contribution in [0.4, 0.5) is 13.2 Å². The van der Waals surface area contributed by atoms with Crippen molar-refractivity contribution in [3.8, 4) is 0 Å². The van der Waals surface area contributed by atoms with Gasteiger partial charge in [0.15, 0.2) is 0 Å². The second kappa shape index (κ2) is 4.29. The van der Waals surface area contributed by atoms with Gasteiger partial charge in [-0.2, -0.15) is 13.2 Å². The van der Waals surface area contributed by atoms with E-state index in [1.807, 2.05) is 0 Å². The molecular formula is C12H9F3N2O. The third-order valence-corrected chi connectivity index (χ3v) is 2.47. The number of nitrogens with one attached hydrogen (secondary N) is 1. The number of fused-ring (bicyclic) bond motifs is 1. The molecule has 2 aromatic rings. The Hall–Kier alpha value is -2.11. The van der Waals surface area contributed by atoms with E-state index in [-0.39, 0.29) is 17.0 Å². The number of halogens is 3. The number of pyridine rings is 1. The maximum atomic E-state index is 12.5. The SMILES string of the molecule is CNC(=O)c1ccc2ccc(C(F)(F)F)nc2c1. The Morgan fingerprint density at radius 1 is 1.22 bits per heavy atom. The normalized spacial score (nSPS) is 11.6. The molecular weight excluding hydrogens is 245 g/mol. The van der Waals surface area contributed by atoms with E-state index in [9.17, 15) is 18.0 Å². The molecule has 0 radical (unpaired) electrons. The van der Waals surface area contributed by atoms with Crippen molar-refractivity contribution in [2.75, 3.05) is 7.05 Å². The summed E-state index contributed by atoms with van der Waals surface area (Å²) in [6.07, 6.45) is -4.49. The van der Waals surface area contributed by atoms with Crippen LogP contribution in [0.5, 0.6) is 0 Å². The van der Waals surface area contributed by atoms with Gasteiger partial charge < -0.3 is 5.32 Å². The molecule has 0 unspecified atom stereocenters. The number of hydrogen-bond donors (Lipinski definition) is 1. The third kappa shape index (κ3) is 2.27. The molecule has 94 valence electrons. The lowest BCUT2D eigenvalue weighted by atomic mass is 10.1. The van der Waals surface area contributed by atoms with E-state index < -0.39 is 11.9 Å². The van der Waals surface area contributed by atoms with Crippen LogP contribution in [0.2, 0.25) is 0 Å². The largest absolute Gasteiger partial charge is 0.433 e. The fraction of sp³-hybridized carbons (Fsp3) is 0.167. The van der Waals surface area contributed by atoms with Crippen molar-refractivity contribution in [3.63, 3.8) is 0 Å². The highest BCUT2D eigenvalue weighted by molar-refractivity contribution is 5.97. The van der Waals surface area contributed by atoms with Crippen LogP contribution in [0, 0.1) is 0 Å². The molecule has 0 fully saturated rings. The molecule has 0 bridgehead atoms. The lowest BCUT2D eigenvalue weighted by Crippen LogP contribution is -2.17. The summed E-state index contributed by atoms with van der Waals surface area (Å²) in [5.41, 5.74) is -0.549. The van der Waals surface area contributed by atoms with Crippen LogP contribution in [0.3, 0.4) is 0 Å². The molecule has 1 amide bonds. The minimum Gasteiger partial charge on any atom is -0.355 e. The van der Waals surface area contributed by atoms with E-state index in [4.69, 9.17) is 0 Å². The van der Waals surface area contributed by atoms with Crippen LogP contribution >= 0.6 is 0 Å². The van der Waals surface area contributed by atoms with Crippen molar-refractivity contribution in [2.45, 2.75) is 6.18 Å². The summed E-state index contributed by atoms with van der Waals surface area (Å²) in [5, 5.41) is 2.95. The van der Waals surface area contributed by atoms with Crippen LogP contribution in [-0.4, -0.2) is 17.9 Å². The Bertz CT molecular complexity index is 608. The smallest absolute Gasteiger partial charge is 0.355 e. The molecule has 1 heterocycles. The molecule has 1 aromatic carbocycles. The molecule has 0 aliphatic rings. The zero-order chi connectivity index (χ0) is 13.3. The number of amides is 1. The number of alkyl halides is 3. The summed E-state index contributed by atoms with van der Waals surface area (Å²) in [7, 11) is 1.45. The van der Waals surface area contributed by atoms with E-state index in [1.165, 1.54) is 25.2 Å². The number of hydrogen-bond acceptors (Lipinski definition) is 2. The van der Waals surface area contributed by atoms with Gasteiger partial charge in [0, 0.05) is 18.0 Å². The topological polar surface area (TPSA) is 42.0 Å². The van der Waals surface area contributed by atoms with Crippen LogP contribution in [-0.2, 0) is 6.18 Å². The van der Waals surface area contributed by atoms with Crippen LogP contribution in [0.25, 0.3) is 10.9 Å². The molecule has 6 heteroatoms. The summed E-state index contributed by atoms with van der Waals surface area (Å²) < 4.78 is 37.5. The van der Waals surface area contributed by atoms with Crippen molar-refractivity contribution in [1.29, 1.82) is 0 Å². The average molecular weight is 254 g/mol. The quantitative estimate of drug-likeness (QED) is 0.850. The van der Waals surface area contributed by atoms with Gasteiger partial charge >= 0.3 is 6.18 Å². The van der Waals surface area contributed by atoms with Gasteiger partial charge in [-0.1, -0.05) is 12.1 Å². The molecule has 0 aliphatic carbocycles. The highest BCUT2D eigenvalue weighted by atomic mass is 19.4. The minimum atomic E-state index is -4.49. The molecule has 3 nitrogen and oxygen atoms in total. The predicted octanol–water partition coefficient (Wildman–Crippen LogP) is 2.61. The number of nitrogens with zero attached hydrogens (tertiary/aromatic N) is 1. The summed E-state index contributed by atoms with van der Waals surface area (Å²) in [4.78, 5) is 14.9. The lowest BCUT2D eigenvalue weighted by Gasteiger charge is -2.07. The zero-order valence-corrected chi connectivity index (χ0v) is 9.38. The van der Waals surface area contributed by atoms with Gasteiger partial charge in [-0.3, -0.25) is 4.79 Å². The maximum absolute atomic E-state index is 12.5. The van der Waals surface area contributed by atoms with Gasteiger partial charge in [-0.05, 0) is 18.2 Å². The summed E-state index contributed by atoms with van der Waals surface area (Å²) in [5.74, 6) is -0.365. The molecule has 0 atom stereocenters. The van der Waals surface area contributed by atoms with Crippen molar-refractivity contribution >= 4 is 16.8 Å². The lowest BCUT2D eigenvalue weighted by molar-refractivity contribution is -0.140. The standard InChI is InChI=1S/C12H9F3N2O/c1-16-11(18)8-3-2-7-4-5-10(12(13,14)15)17-9(7)6-8/h2-6H,1H3,(H,16,18). The molecule has 0 saturated heterocycles. The highest BCUT2D eigenvalue weighted by Gasteiger charge is 2.32. The first kappa shape index (κ1) is 12.3. The van der Waals surface area contributed by atoms with Gasteiger partial charge in [0.1, 0.15) is 5.69 Å². The second-order valence-electron chi connectivity index (χ2n) is 3.68. The summed E-state index contributed by atoms with van der Waals surface area (Å²) >= 11 is 0. The van der Waals surface area contributed by atoms with Gasteiger partial charge in [0.25, 0.3) is 5.91 Å². The Kier molecular flexibility index (Phi) is 2.94. The van der Waals surface area contributed by atoms with Crippen molar-refractivity contribution in [2.24, 2.45) is 0 Å². The van der Waals surface area contributed by atoms with Crippen LogP contribution in [0.15, 0.2) is 30.3 Å². The number of aromatic nitrogens is 1. The molecule has 1 N–H and O–H groups in total. The summed E-state index contributed by atoms with van der Waals surface area (Å²) in [6, 6.07) is 6.69. The monoisotopic (exact) mass is 254 g/mol. The summed E-state index contributed by atoms with van der Waals surface area (Å²) in [6.45, 7) is 0. The molecule has 18 heavy (non-hydrogen) atoms. The Morgan fingerprint density at radius 3 is 2.50 bits per heavy atom. The first-order valence-corrected chi connectivity index (χ1v) is 5.12. The van der Waals surface area contributed by atoms with Gasteiger partial charge in [0.05, 0.1) is 5.52 Å². The minimum absolute atomic E-state index is 0.144. The molecule has 0 saturated carbocycles. The Morgan fingerprint density at radius 2 is 1.89 bits per heavy atom. The van der Waals surface area contributed by atoms with Gasteiger partial charge in [-0.25, -0.2) is 4.98 Å². The van der Waals surface area contributed by atoms with E-state index >= 15 is 0 Å². The molecule has 0 aliphatic heterocycles. The third-order valence-electron chi connectivity index (χ3n) is 2.47. The van der Waals surface area contributed by atoms with Crippen molar-refractivity contribution < 1.29 is 18.0 Å². The Balaban J connectivity index is 2.57. The fourth-order valence-electron chi connectivity index (χ4n) is 1.56. The van der Waals surface area contributed by atoms with Gasteiger partial charge in [-0.15, -0.1) is 0 Å². The number of carbonyl (C=O) groups excluding carboxylic acids is 1. The number of rotatable bonds is 1. The fourth-order valence-corrected chi connectivity index (χ4v) is 1.56. The van der Waals surface area contributed by atoms with Crippen LogP contribution < -0.4 is 5.32 Å². The highest BCUT2D eigenvalue weighted by Crippen LogP contribution is 2.29. The van der Waals surface area contributed by atoms with Gasteiger partial charge in [0.2, 0.25) is 0 Å². The van der Waals surface area contributed by atoms with Crippen molar-refractivity contribution in [1.82, 2.24) is 10.3 Å². The predicted molar refractivity (Wildman–Crippen MR) is 60.1 cm³/mol. The first-order chi connectivity index (χ1) is 8.41. The molecule has 2 rings (SSSR count). The molecule has 0 spiro atoms. The van der Waals surface area contributed by atoms with E-state index in [0.717, 1.165) is 6.07 Å². The number of benzene rings is 1. The zero-order valence-electron chi connectivity index (χ0n) is 9.38. The van der Waals surface area contributed by atoms with Crippen LogP contribution in [0.1, 0.15) is 16.1 Å². The maximum Gasteiger partial charge on any atom is 0.433 e. The average Bonchev–Trinajstić information content (AvgIpc) is 2.35. The second-order valence-corrected chi connectivity index (χ2v) is 3.68. The first-order valence-electron chi connectivity index (χ1n) is 5.12. The van der Waals surface area contributed by atoms with E-state index in [1.54, 1.807) is 6.07 Å².